The second kappa shape index (κ2) is 7.05. The first kappa shape index (κ1) is 15.2. The molecule has 6 heteroatoms. The van der Waals surface area contributed by atoms with E-state index in [1.54, 1.807) is 14.2 Å². The Kier molecular flexibility index (Phi) is 5.11. The van der Waals surface area contributed by atoms with Crippen LogP contribution in [0.5, 0.6) is 0 Å². The summed E-state index contributed by atoms with van der Waals surface area (Å²) in [4.78, 5) is 8.67. The van der Waals surface area contributed by atoms with Crippen LogP contribution in [0.4, 0.5) is 5.13 Å². The molecule has 2 heterocycles. The number of hydrogen-bond donors (Lipinski definition) is 1. The largest absolute Gasteiger partial charge is 0.383 e. The fraction of sp³-hybridized carbons (Fsp3) is 0.800. The molecule has 1 aromatic heterocycles. The maximum Gasteiger partial charge on any atom is 0.186 e. The predicted molar refractivity (Wildman–Crippen MR) is 84.9 cm³/mol. The highest BCUT2D eigenvalue weighted by Gasteiger charge is 2.39. The molecule has 1 aliphatic carbocycles. The number of nitrogens with zero attached hydrogens (tertiary/aromatic N) is 2. The van der Waals surface area contributed by atoms with Gasteiger partial charge in [-0.2, -0.15) is 0 Å². The van der Waals surface area contributed by atoms with E-state index in [4.69, 9.17) is 14.5 Å². The van der Waals surface area contributed by atoms with Crippen LogP contribution in [0.2, 0.25) is 0 Å². The molecule has 2 unspecified atom stereocenters. The standard InChI is InChI=1S/C15H25N3O2S/c1-19-6-5-16-8-14-13(10-20-2)17-15(21-14)18-9-11-3-4-12(18)7-11/h11-12,16H,3-10H2,1-2H3. The molecule has 0 radical (unpaired) electrons. The SMILES string of the molecule is COCCNCc1sc(N2CC3CCC2C3)nc1COC. The van der Waals surface area contributed by atoms with Gasteiger partial charge in [-0.25, -0.2) is 4.98 Å². The van der Waals surface area contributed by atoms with Gasteiger partial charge in [0.1, 0.15) is 0 Å². The van der Waals surface area contributed by atoms with Crippen LogP contribution in [0, 0.1) is 5.92 Å². The highest BCUT2D eigenvalue weighted by atomic mass is 32.1. The van der Waals surface area contributed by atoms with Crippen molar-refractivity contribution in [1.82, 2.24) is 10.3 Å². The first-order valence-corrected chi connectivity index (χ1v) is 8.57. The molecule has 118 valence electrons. The number of fused-ring (bicyclic) bond motifs is 2. The zero-order valence-electron chi connectivity index (χ0n) is 12.9. The molecule has 2 fully saturated rings. The second-order valence-electron chi connectivity index (χ2n) is 5.95. The smallest absolute Gasteiger partial charge is 0.186 e. The Hall–Kier alpha value is -0.690. The summed E-state index contributed by atoms with van der Waals surface area (Å²) in [6.07, 6.45) is 4.11. The molecule has 0 aromatic carbocycles. The number of hydrogen-bond acceptors (Lipinski definition) is 6. The Morgan fingerprint density at radius 1 is 1.33 bits per heavy atom. The zero-order valence-corrected chi connectivity index (χ0v) is 13.7. The van der Waals surface area contributed by atoms with E-state index in [0.29, 0.717) is 6.61 Å². The summed E-state index contributed by atoms with van der Waals surface area (Å²) in [5, 5.41) is 4.60. The Labute approximate surface area is 130 Å². The van der Waals surface area contributed by atoms with Crippen LogP contribution in [0.1, 0.15) is 29.8 Å². The summed E-state index contributed by atoms with van der Waals surface area (Å²) in [5.41, 5.74) is 1.09. The van der Waals surface area contributed by atoms with Crippen molar-refractivity contribution in [3.8, 4) is 0 Å². The minimum atomic E-state index is 0.597. The molecule has 21 heavy (non-hydrogen) atoms. The monoisotopic (exact) mass is 311 g/mol. The van der Waals surface area contributed by atoms with Crippen LogP contribution >= 0.6 is 11.3 Å². The van der Waals surface area contributed by atoms with Gasteiger partial charge < -0.3 is 19.7 Å². The molecule has 2 atom stereocenters. The number of anilines is 1. The number of nitrogens with one attached hydrogen (secondary N) is 1. The van der Waals surface area contributed by atoms with E-state index in [9.17, 15) is 0 Å². The minimum Gasteiger partial charge on any atom is -0.383 e. The van der Waals surface area contributed by atoms with E-state index in [-0.39, 0.29) is 0 Å². The number of piperidine rings is 1. The molecule has 1 saturated heterocycles. The zero-order chi connectivity index (χ0) is 14.7. The van der Waals surface area contributed by atoms with Gasteiger partial charge in [-0.1, -0.05) is 0 Å². The molecule has 0 spiro atoms. The van der Waals surface area contributed by atoms with Crippen molar-refractivity contribution in [1.29, 1.82) is 0 Å². The summed E-state index contributed by atoms with van der Waals surface area (Å²) in [7, 11) is 3.46. The molecule has 1 aliphatic heterocycles. The summed E-state index contributed by atoms with van der Waals surface area (Å²) in [5.74, 6) is 0.896. The first-order chi connectivity index (χ1) is 10.3. The van der Waals surface area contributed by atoms with Crippen molar-refractivity contribution >= 4 is 16.5 Å². The van der Waals surface area contributed by atoms with Gasteiger partial charge in [0.05, 0.1) is 18.9 Å². The fourth-order valence-electron chi connectivity index (χ4n) is 3.42. The lowest BCUT2D eigenvalue weighted by Gasteiger charge is -2.26. The summed E-state index contributed by atoms with van der Waals surface area (Å²) >= 11 is 1.83. The molecule has 3 rings (SSSR count). The molecule has 2 aliphatic rings. The lowest BCUT2D eigenvalue weighted by molar-refractivity contribution is 0.181. The van der Waals surface area contributed by atoms with Gasteiger partial charge in [-0.3, -0.25) is 0 Å². The van der Waals surface area contributed by atoms with E-state index >= 15 is 0 Å². The summed E-state index contributed by atoms with van der Waals surface area (Å²) in [6, 6.07) is 0.728. The number of rotatable bonds is 8. The predicted octanol–water partition coefficient (Wildman–Crippen LogP) is 2.01. The van der Waals surface area contributed by atoms with Gasteiger partial charge >= 0.3 is 0 Å². The van der Waals surface area contributed by atoms with E-state index in [0.717, 1.165) is 37.4 Å². The van der Waals surface area contributed by atoms with Crippen LogP contribution in [-0.2, 0) is 22.6 Å². The van der Waals surface area contributed by atoms with Gasteiger partial charge in [-0.15, -0.1) is 11.3 Å². The molecule has 5 nitrogen and oxygen atoms in total. The quantitative estimate of drug-likeness (QED) is 0.744. The van der Waals surface area contributed by atoms with Crippen molar-refractivity contribution in [3.05, 3.63) is 10.6 Å². The fourth-order valence-corrected chi connectivity index (χ4v) is 4.53. The Morgan fingerprint density at radius 3 is 2.90 bits per heavy atom. The lowest BCUT2D eigenvalue weighted by atomic mass is 10.1. The van der Waals surface area contributed by atoms with E-state index in [1.165, 1.54) is 35.8 Å². The van der Waals surface area contributed by atoms with Crippen LogP contribution in [0.3, 0.4) is 0 Å². The van der Waals surface area contributed by atoms with E-state index < -0.39 is 0 Å². The van der Waals surface area contributed by atoms with Gasteiger partial charge in [0.25, 0.3) is 0 Å². The summed E-state index contributed by atoms with van der Waals surface area (Å²) in [6.45, 7) is 4.24. The van der Waals surface area contributed by atoms with Crippen molar-refractivity contribution in [3.63, 3.8) is 0 Å². The van der Waals surface area contributed by atoms with Crippen LogP contribution in [-0.4, -0.2) is 44.9 Å². The number of ether oxygens (including phenoxy) is 2. The van der Waals surface area contributed by atoms with Crippen molar-refractivity contribution in [2.75, 3.05) is 38.8 Å². The van der Waals surface area contributed by atoms with Crippen molar-refractivity contribution < 1.29 is 9.47 Å². The average Bonchev–Trinajstić information content (AvgIpc) is 3.19. The van der Waals surface area contributed by atoms with Crippen LogP contribution in [0.15, 0.2) is 0 Å². The molecule has 1 aromatic rings. The third kappa shape index (κ3) is 3.39. The Bertz CT molecular complexity index is 466. The molecular formula is C15H25N3O2S. The number of methoxy groups -OCH3 is 2. The van der Waals surface area contributed by atoms with Crippen LogP contribution in [0.25, 0.3) is 0 Å². The van der Waals surface area contributed by atoms with Crippen molar-refractivity contribution in [2.45, 2.75) is 38.5 Å². The molecule has 0 amide bonds. The maximum absolute atomic E-state index is 5.31. The topological polar surface area (TPSA) is 46.6 Å². The lowest BCUT2D eigenvalue weighted by Crippen LogP contribution is -2.31. The highest BCUT2D eigenvalue weighted by molar-refractivity contribution is 7.15. The van der Waals surface area contributed by atoms with E-state index in [1.807, 2.05) is 11.3 Å². The molecule has 1 saturated carbocycles. The number of thiazole rings is 1. The normalized spacial score (nSPS) is 24.2. The summed E-state index contributed by atoms with van der Waals surface area (Å²) < 4.78 is 10.4. The van der Waals surface area contributed by atoms with Crippen LogP contribution < -0.4 is 10.2 Å². The highest BCUT2D eigenvalue weighted by Crippen LogP contribution is 2.42. The average molecular weight is 311 g/mol. The van der Waals surface area contributed by atoms with Gasteiger partial charge in [-0.05, 0) is 25.2 Å². The van der Waals surface area contributed by atoms with Gasteiger partial charge in [0.15, 0.2) is 5.13 Å². The molecule has 2 bridgehead atoms. The Balaban J connectivity index is 1.67. The third-order valence-corrected chi connectivity index (χ3v) is 5.61. The first-order valence-electron chi connectivity index (χ1n) is 7.75. The molecule has 1 N–H and O–H groups in total. The van der Waals surface area contributed by atoms with E-state index in [2.05, 4.69) is 10.2 Å². The van der Waals surface area contributed by atoms with Gasteiger partial charge in [0.2, 0.25) is 0 Å². The number of aromatic nitrogens is 1. The minimum absolute atomic E-state index is 0.597. The van der Waals surface area contributed by atoms with Crippen molar-refractivity contribution in [2.24, 2.45) is 5.92 Å². The maximum atomic E-state index is 5.31. The molecular weight excluding hydrogens is 286 g/mol. The Morgan fingerprint density at radius 2 is 2.24 bits per heavy atom. The second-order valence-corrected chi connectivity index (χ2v) is 7.02. The van der Waals surface area contributed by atoms with Gasteiger partial charge in [0, 0.05) is 44.8 Å². The third-order valence-electron chi connectivity index (χ3n) is 4.47.